The monoisotopic (exact) mass is 1640 g/mol. The first-order valence-corrected chi connectivity index (χ1v) is 44.6. The van der Waals surface area contributed by atoms with Crippen molar-refractivity contribution < 1.29 is 52.3 Å². The van der Waals surface area contributed by atoms with Crippen LogP contribution in [0.2, 0.25) is 0 Å². The van der Waals surface area contributed by atoms with Gasteiger partial charge in [-0.15, -0.1) is 0 Å². The summed E-state index contributed by atoms with van der Waals surface area (Å²) < 4.78 is 45.4. The summed E-state index contributed by atoms with van der Waals surface area (Å²) in [4.78, 5) is 63.3. The van der Waals surface area contributed by atoms with Crippen LogP contribution in [0.1, 0.15) is 169 Å². The summed E-state index contributed by atoms with van der Waals surface area (Å²) in [6, 6.07) is 88.3. The van der Waals surface area contributed by atoms with E-state index in [2.05, 4.69) is 242 Å². The molecule has 15 heteroatoms. The zero-order valence-electron chi connectivity index (χ0n) is 73.1. The number of esters is 4. The lowest BCUT2D eigenvalue weighted by atomic mass is 9.43. The molecule has 11 atom stereocenters. The van der Waals surface area contributed by atoms with Gasteiger partial charge in [-0.05, 0) is 247 Å². The van der Waals surface area contributed by atoms with Crippen molar-refractivity contribution in [3.05, 3.63) is 305 Å². The normalized spacial score (nSPS) is 21.9. The van der Waals surface area contributed by atoms with Crippen LogP contribution in [0.15, 0.2) is 255 Å². The summed E-state index contributed by atoms with van der Waals surface area (Å²) >= 11 is 0. The zero-order chi connectivity index (χ0) is 85.5. The Morgan fingerprint density at radius 3 is 1.15 bits per heavy atom. The Kier molecular flexibility index (Phi) is 31.3. The van der Waals surface area contributed by atoms with Crippen molar-refractivity contribution in [1.82, 2.24) is 14.7 Å². The Morgan fingerprint density at radius 1 is 0.410 bits per heavy atom. The van der Waals surface area contributed by atoms with Crippen LogP contribution < -0.4 is 19.9 Å². The quantitative estimate of drug-likeness (QED) is 0.0219. The van der Waals surface area contributed by atoms with Gasteiger partial charge in [-0.2, -0.15) is 0 Å². The molecule has 4 aliphatic rings. The molecule has 13 rings (SSSR count). The molecule has 0 spiro atoms. The number of benzene rings is 9. The molecule has 4 fully saturated rings. The van der Waals surface area contributed by atoms with E-state index in [-0.39, 0.29) is 110 Å². The molecule has 9 aromatic carbocycles. The Bertz CT molecular complexity index is 4950. The SMILES string of the molecule is CC/C(=C(\c1ccccc1)c1ccc(OCCN(C)CC(=O)O[C@@H]2CC[C@@]3(C)[C@@H](C2)C[C@@H](OC(=O)CN(C)CCOc2ccc(/C(=C(/CC)c4ccccc4)c4ccccc4)cc2)[C@@H]2[C@@H]3C[C@H](OC(=O)CN(C)CCOc3ccc(/C(=C(/CC)c4ccccc4)c4ccccc4)cc3)[C@]3(C)[C@@H]([C@H](C)CCC(=O)OCCN)CC[C@@H]23)cc1)c1ccccc1. The highest BCUT2D eigenvalue weighted by molar-refractivity contribution is 6.01. The maximum atomic E-state index is 15.0. The number of carbonyl (C=O) groups excluding carboxylic acids is 4. The van der Waals surface area contributed by atoms with Crippen molar-refractivity contribution in [2.45, 2.75) is 137 Å². The van der Waals surface area contributed by atoms with Crippen LogP contribution >= 0.6 is 0 Å². The minimum Gasteiger partial charge on any atom is -0.492 e. The number of nitrogens with zero attached hydrogens (tertiary/aromatic N) is 3. The molecule has 4 saturated carbocycles. The fraction of sp³-hybridized carbons (Fsp3) is 0.402. The molecule has 2 N–H and O–H groups in total. The smallest absolute Gasteiger partial charge is 0.320 e. The van der Waals surface area contributed by atoms with E-state index in [4.69, 9.17) is 38.9 Å². The van der Waals surface area contributed by atoms with Crippen LogP contribution in [0, 0.1) is 46.3 Å². The molecule has 15 nitrogen and oxygen atoms in total. The highest BCUT2D eigenvalue weighted by Gasteiger charge is 2.68. The number of carbonyl (C=O) groups is 4. The van der Waals surface area contributed by atoms with Gasteiger partial charge >= 0.3 is 23.9 Å². The summed E-state index contributed by atoms with van der Waals surface area (Å²) in [5.74, 6) is 1.06. The second kappa shape index (κ2) is 42.9. The largest absolute Gasteiger partial charge is 0.492 e. The average Bonchev–Trinajstić information content (AvgIpc) is 1.43. The molecule has 0 bridgehead atoms. The molecular weight excluding hydrogens is 1520 g/mol. The lowest BCUT2D eigenvalue weighted by Gasteiger charge is -2.64. The molecule has 0 unspecified atom stereocenters. The number of fused-ring (bicyclic) bond motifs is 5. The molecule has 0 radical (unpaired) electrons. The third-order valence-electron chi connectivity index (χ3n) is 26.9. The van der Waals surface area contributed by atoms with Crippen LogP contribution in [0.25, 0.3) is 33.4 Å². The van der Waals surface area contributed by atoms with Crippen molar-refractivity contribution in [3.8, 4) is 17.2 Å². The van der Waals surface area contributed by atoms with Gasteiger partial charge in [-0.3, -0.25) is 33.9 Å². The first-order valence-electron chi connectivity index (χ1n) is 44.6. The van der Waals surface area contributed by atoms with Crippen molar-refractivity contribution in [2.24, 2.45) is 52.1 Å². The second-order valence-electron chi connectivity index (χ2n) is 34.6. The molecule has 4 aliphatic carbocycles. The topological polar surface area (TPSA) is 169 Å². The first kappa shape index (κ1) is 89.1. The third-order valence-corrected chi connectivity index (χ3v) is 26.9. The highest BCUT2D eigenvalue weighted by atomic mass is 16.6. The molecule has 0 heterocycles. The van der Waals surface area contributed by atoms with E-state index in [0.717, 1.165) is 89.2 Å². The predicted octanol–water partition coefficient (Wildman–Crippen LogP) is 20.7. The molecule has 0 aliphatic heterocycles. The fourth-order valence-corrected chi connectivity index (χ4v) is 20.7. The minimum absolute atomic E-state index is 0.00311. The molecule has 0 saturated heterocycles. The number of ether oxygens (including phenoxy) is 7. The summed E-state index contributed by atoms with van der Waals surface area (Å²) in [7, 11) is 5.79. The molecule has 0 aromatic heterocycles. The maximum Gasteiger partial charge on any atom is 0.320 e. The molecular formula is C107H126N4O11. The van der Waals surface area contributed by atoms with Gasteiger partial charge in [0.25, 0.3) is 0 Å². The van der Waals surface area contributed by atoms with Crippen molar-refractivity contribution in [1.29, 1.82) is 0 Å². The van der Waals surface area contributed by atoms with E-state index in [1.807, 2.05) is 90.4 Å². The van der Waals surface area contributed by atoms with Gasteiger partial charge in [0.05, 0.1) is 19.6 Å². The van der Waals surface area contributed by atoms with Gasteiger partial charge in [0.2, 0.25) is 0 Å². The van der Waals surface area contributed by atoms with Crippen LogP contribution in [-0.2, 0) is 38.1 Å². The van der Waals surface area contributed by atoms with E-state index in [1.165, 1.54) is 50.1 Å². The summed E-state index contributed by atoms with van der Waals surface area (Å²) in [5, 5.41) is 0. The van der Waals surface area contributed by atoms with Crippen molar-refractivity contribution in [2.75, 3.05) is 93.4 Å². The molecule has 0 amide bonds. The number of allylic oxidation sites excluding steroid dienone is 3. The summed E-state index contributed by atoms with van der Waals surface area (Å²) in [6.45, 7) is 16.7. The van der Waals surface area contributed by atoms with Gasteiger partial charge in [0.15, 0.2) is 0 Å². The van der Waals surface area contributed by atoms with Crippen LogP contribution in [0.5, 0.6) is 17.2 Å². The first-order chi connectivity index (χ1) is 59.3. The number of hydrogen-bond donors (Lipinski definition) is 1. The summed E-state index contributed by atoms with van der Waals surface area (Å²) in [6.07, 6.45) is 7.00. The van der Waals surface area contributed by atoms with E-state index in [9.17, 15) is 19.2 Å². The van der Waals surface area contributed by atoms with Gasteiger partial charge < -0.3 is 38.9 Å². The minimum atomic E-state index is -0.556. The average molecular weight is 1640 g/mol. The Labute approximate surface area is 724 Å². The number of hydrogen-bond acceptors (Lipinski definition) is 15. The van der Waals surface area contributed by atoms with Crippen LogP contribution in [0.4, 0.5) is 0 Å². The van der Waals surface area contributed by atoms with E-state index < -0.39 is 17.6 Å². The number of nitrogens with two attached hydrogens (primary N) is 1. The zero-order valence-corrected chi connectivity index (χ0v) is 73.1. The Morgan fingerprint density at radius 2 is 0.770 bits per heavy atom. The van der Waals surface area contributed by atoms with Crippen LogP contribution in [0.3, 0.4) is 0 Å². The Hall–Kier alpha value is -10.7. The highest BCUT2D eigenvalue weighted by Crippen LogP contribution is 2.70. The Balaban J connectivity index is 0.700. The van der Waals surface area contributed by atoms with Crippen molar-refractivity contribution in [3.63, 3.8) is 0 Å². The summed E-state index contributed by atoms with van der Waals surface area (Å²) in [5.41, 5.74) is 22.7. The molecule has 640 valence electrons. The fourth-order valence-electron chi connectivity index (χ4n) is 20.7. The van der Waals surface area contributed by atoms with Gasteiger partial charge in [-0.1, -0.05) is 260 Å². The second-order valence-corrected chi connectivity index (χ2v) is 34.6. The third kappa shape index (κ3) is 22.0. The van der Waals surface area contributed by atoms with E-state index in [0.29, 0.717) is 71.6 Å². The lowest BCUT2D eigenvalue weighted by Crippen LogP contribution is -2.63. The van der Waals surface area contributed by atoms with Crippen molar-refractivity contribution >= 4 is 57.3 Å². The van der Waals surface area contributed by atoms with Gasteiger partial charge in [-0.25, -0.2) is 0 Å². The standard InChI is InChI=1S/C107H126N4O11/c1-10-90(76-31-19-13-20-32-76)102(79-37-25-16-26-38-79)82-44-50-86(51-45-82)116-66-62-109(7)72-99(113)120-89-59-60-106(5)85(69-89)70-96(121-100(114)73-110(8)63-67-117-87-52-46-83(47-53-87)103(80-39-27-17-28-40-80)91(11-2)77-33-21-14-22-34-77)105-94-57-56-93(75(4)43-58-98(112)119-65-61-108)107(94,6)97(71-95(105)106)122-101(115)74-111(9)64-68-118-88-54-48-84(49-55-88)104(81-41-29-18-30-42-81)92(12-3)78-35-23-15-24-36-78/h13-42,44-55,75,85,89,93-97,105H,10-12,43,56-74,108H2,1-9H3/b102-90-,103-91-,104-92-/t75-,85+,89-,93-,94+,95+,96-,97+,105+,106+,107-/m1/s1. The van der Waals surface area contributed by atoms with E-state index in [1.54, 1.807) is 0 Å². The van der Waals surface area contributed by atoms with Gasteiger partial charge in [0.1, 0.15) is 62.0 Å². The lowest BCUT2D eigenvalue weighted by molar-refractivity contribution is -0.226. The van der Waals surface area contributed by atoms with Gasteiger partial charge in [0, 0.05) is 43.9 Å². The molecule has 122 heavy (non-hydrogen) atoms. The van der Waals surface area contributed by atoms with Crippen LogP contribution in [-0.4, -0.2) is 150 Å². The predicted molar refractivity (Wildman–Crippen MR) is 490 cm³/mol. The molecule has 9 aromatic rings. The van der Waals surface area contributed by atoms with E-state index >= 15 is 0 Å². The number of likely N-dealkylation sites (N-methyl/N-ethyl adjacent to an activating group) is 3. The number of rotatable bonds is 39. The maximum absolute atomic E-state index is 15.0.